The Bertz CT molecular complexity index is 626. The fourth-order valence-electron chi connectivity index (χ4n) is 2.95. The summed E-state index contributed by atoms with van der Waals surface area (Å²) in [7, 11) is 1.66. The van der Waals surface area contributed by atoms with Gasteiger partial charge in [-0.05, 0) is 42.2 Å². The second kappa shape index (κ2) is 4.55. The van der Waals surface area contributed by atoms with Crippen molar-refractivity contribution in [3.63, 3.8) is 0 Å². The minimum atomic E-state index is -0.507. The van der Waals surface area contributed by atoms with Gasteiger partial charge in [0, 0.05) is 10.6 Å². The Balaban J connectivity index is 2.20. The monoisotopic (exact) mass is 273 g/mol. The predicted molar refractivity (Wildman–Crippen MR) is 77.7 cm³/mol. The Morgan fingerprint density at radius 2 is 1.95 bits per heavy atom. The topological polar surface area (TPSA) is 35.2 Å². The fourth-order valence-corrected chi connectivity index (χ4v) is 3.12. The molecule has 2 aromatic rings. The molecule has 3 heteroatoms. The van der Waals surface area contributed by atoms with Gasteiger partial charge in [-0.2, -0.15) is 0 Å². The van der Waals surface area contributed by atoms with Crippen molar-refractivity contribution < 1.29 is 4.74 Å². The Kier molecular flexibility index (Phi) is 3.00. The van der Waals surface area contributed by atoms with Gasteiger partial charge in [0.25, 0.3) is 0 Å². The maximum absolute atomic E-state index is 6.70. The van der Waals surface area contributed by atoms with Crippen LogP contribution in [0.15, 0.2) is 42.5 Å². The molecule has 0 spiro atoms. The number of methoxy groups -OCH3 is 1. The van der Waals surface area contributed by atoms with Gasteiger partial charge in [-0.15, -0.1) is 0 Å². The molecule has 0 bridgehead atoms. The summed E-state index contributed by atoms with van der Waals surface area (Å²) in [5, 5.41) is 0.685. The van der Waals surface area contributed by atoms with Gasteiger partial charge in [-0.25, -0.2) is 0 Å². The van der Waals surface area contributed by atoms with Crippen LogP contribution in [0.3, 0.4) is 0 Å². The van der Waals surface area contributed by atoms with E-state index in [1.54, 1.807) is 7.11 Å². The maximum Gasteiger partial charge on any atom is 0.124 e. The van der Waals surface area contributed by atoms with Gasteiger partial charge in [0.15, 0.2) is 0 Å². The van der Waals surface area contributed by atoms with Gasteiger partial charge in [0.1, 0.15) is 5.75 Å². The molecule has 0 aliphatic heterocycles. The number of halogens is 1. The average Bonchev–Trinajstić information content (AvgIpc) is 2.78. The highest BCUT2D eigenvalue weighted by Crippen LogP contribution is 2.43. The lowest BCUT2D eigenvalue weighted by atomic mass is 9.84. The molecule has 1 atom stereocenters. The van der Waals surface area contributed by atoms with Gasteiger partial charge in [0.05, 0.1) is 12.6 Å². The average molecular weight is 274 g/mol. The molecule has 3 rings (SSSR count). The smallest absolute Gasteiger partial charge is 0.124 e. The molecule has 0 saturated heterocycles. The summed E-state index contributed by atoms with van der Waals surface area (Å²) in [5.74, 6) is 0.795. The summed E-state index contributed by atoms with van der Waals surface area (Å²) in [4.78, 5) is 0. The third-order valence-corrected chi connectivity index (χ3v) is 4.16. The molecule has 2 N–H and O–H groups in total. The van der Waals surface area contributed by atoms with Gasteiger partial charge in [0.2, 0.25) is 0 Å². The standard InChI is InChI=1S/C16H16ClNO/c1-19-15-7-6-12(17)10-14(15)16(18)9-8-11-4-2-3-5-13(11)16/h2-7,10H,8-9,18H2,1H3. The number of ether oxygens (including phenoxy) is 1. The third-order valence-electron chi connectivity index (χ3n) is 3.93. The summed E-state index contributed by atoms with van der Waals surface area (Å²) in [6, 6.07) is 14.0. The molecular formula is C16H16ClNO. The number of benzene rings is 2. The fraction of sp³-hybridized carbons (Fsp3) is 0.250. The number of rotatable bonds is 2. The van der Waals surface area contributed by atoms with Crippen molar-refractivity contribution in [1.29, 1.82) is 0 Å². The summed E-state index contributed by atoms with van der Waals surface area (Å²) in [6.07, 6.45) is 1.87. The largest absolute Gasteiger partial charge is 0.496 e. The normalized spacial score (nSPS) is 21.2. The Hall–Kier alpha value is -1.51. The highest BCUT2D eigenvalue weighted by atomic mass is 35.5. The van der Waals surface area contributed by atoms with Crippen molar-refractivity contribution in [3.8, 4) is 5.75 Å². The molecule has 2 aromatic carbocycles. The van der Waals surface area contributed by atoms with Gasteiger partial charge in [-0.3, -0.25) is 0 Å². The molecule has 1 aliphatic rings. The second-order valence-corrected chi connectivity index (χ2v) is 5.41. The van der Waals surface area contributed by atoms with Gasteiger partial charge < -0.3 is 10.5 Å². The maximum atomic E-state index is 6.70. The van der Waals surface area contributed by atoms with Crippen LogP contribution in [0.4, 0.5) is 0 Å². The van der Waals surface area contributed by atoms with Crippen molar-refractivity contribution in [2.45, 2.75) is 18.4 Å². The highest BCUT2D eigenvalue weighted by Gasteiger charge is 2.38. The van der Waals surface area contributed by atoms with Crippen LogP contribution in [0.5, 0.6) is 5.75 Å². The Morgan fingerprint density at radius 1 is 1.16 bits per heavy atom. The van der Waals surface area contributed by atoms with E-state index in [1.165, 1.54) is 11.1 Å². The van der Waals surface area contributed by atoms with Crippen LogP contribution in [0, 0.1) is 0 Å². The van der Waals surface area contributed by atoms with Crippen LogP contribution in [-0.2, 0) is 12.0 Å². The zero-order valence-electron chi connectivity index (χ0n) is 10.8. The summed E-state index contributed by atoms with van der Waals surface area (Å²) < 4.78 is 5.45. The number of nitrogens with two attached hydrogens (primary N) is 1. The second-order valence-electron chi connectivity index (χ2n) is 4.97. The van der Waals surface area contributed by atoms with Crippen LogP contribution in [-0.4, -0.2) is 7.11 Å². The van der Waals surface area contributed by atoms with E-state index in [0.717, 1.165) is 24.2 Å². The quantitative estimate of drug-likeness (QED) is 0.909. The van der Waals surface area contributed by atoms with E-state index in [0.29, 0.717) is 5.02 Å². The van der Waals surface area contributed by atoms with Crippen LogP contribution < -0.4 is 10.5 Å². The summed E-state index contributed by atoms with van der Waals surface area (Å²) >= 11 is 6.13. The van der Waals surface area contributed by atoms with Crippen molar-refractivity contribution in [3.05, 3.63) is 64.2 Å². The molecule has 2 nitrogen and oxygen atoms in total. The first-order valence-corrected chi connectivity index (χ1v) is 6.74. The Labute approximate surface area is 118 Å². The van der Waals surface area contributed by atoms with Crippen molar-refractivity contribution in [2.24, 2.45) is 5.73 Å². The van der Waals surface area contributed by atoms with Crippen molar-refractivity contribution >= 4 is 11.6 Å². The SMILES string of the molecule is COc1ccc(Cl)cc1C1(N)CCc2ccccc21. The molecular weight excluding hydrogens is 258 g/mol. The molecule has 0 saturated carbocycles. The van der Waals surface area contributed by atoms with E-state index in [2.05, 4.69) is 18.2 Å². The number of hydrogen-bond donors (Lipinski definition) is 1. The number of fused-ring (bicyclic) bond motifs is 1. The molecule has 0 amide bonds. The zero-order valence-corrected chi connectivity index (χ0v) is 11.6. The van der Waals surface area contributed by atoms with E-state index in [4.69, 9.17) is 22.1 Å². The first-order valence-electron chi connectivity index (χ1n) is 6.36. The number of hydrogen-bond acceptors (Lipinski definition) is 2. The van der Waals surface area contributed by atoms with Crippen molar-refractivity contribution in [1.82, 2.24) is 0 Å². The predicted octanol–water partition coefficient (Wildman–Crippen LogP) is 3.50. The van der Waals surface area contributed by atoms with Gasteiger partial charge >= 0.3 is 0 Å². The molecule has 0 radical (unpaired) electrons. The van der Waals surface area contributed by atoms with E-state index in [1.807, 2.05) is 24.3 Å². The van der Waals surface area contributed by atoms with Crippen LogP contribution >= 0.6 is 11.6 Å². The van der Waals surface area contributed by atoms with Crippen LogP contribution in [0.25, 0.3) is 0 Å². The lowest BCUT2D eigenvalue weighted by Gasteiger charge is -2.28. The van der Waals surface area contributed by atoms with E-state index >= 15 is 0 Å². The minimum Gasteiger partial charge on any atom is -0.496 e. The molecule has 0 aromatic heterocycles. The van der Waals surface area contributed by atoms with Crippen LogP contribution in [0.1, 0.15) is 23.1 Å². The lowest BCUT2D eigenvalue weighted by Crippen LogP contribution is -2.35. The van der Waals surface area contributed by atoms with Crippen molar-refractivity contribution in [2.75, 3.05) is 7.11 Å². The minimum absolute atomic E-state index is 0.507. The Morgan fingerprint density at radius 3 is 2.74 bits per heavy atom. The molecule has 19 heavy (non-hydrogen) atoms. The molecule has 1 unspecified atom stereocenters. The third kappa shape index (κ3) is 1.92. The van der Waals surface area contributed by atoms with E-state index in [9.17, 15) is 0 Å². The molecule has 1 aliphatic carbocycles. The first kappa shape index (κ1) is 12.5. The van der Waals surface area contributed by atoms with E-state index in [-0.39, 0.29) is 0 Å². The summed E-state index contributed by atoms with van der Waals surface area (Å²) in [5.41, 5.74) is 9.65. The summed E-state index contributed by atoms with van der Waals surface area (Å²) in [6.45, 7) is 0. The van der Waals surface area contributed by atoms with Crippen LogP contribution in [0.2, 0.25) is 5.02 Å². The van der Waals surface area contributed by atoms with Gasteiger partial charge in [-0.1, -0.05) is 35.9 Å². The molecule has 98 valence electrons. The molecule has 0 heterocycles. The molecule has 0 fully saturated rings. The first-order chi connectivity index (χ1) is 9.15. The zero-order chi connectivity index (χ0) is 13.5. The number of aryl methyl sites for hydroxylation is 1. The lowest BCUT2D eigenvalue weighted by molar-refractivity contribution is 0.393. The highest BCUT2D eigenvalue weighted by molar-refractivity contribution is 6.30. The van der Waals surface area contributed by atoms with E-state index < -0.39 is 5.54 Å².